The predicted octanol–water partition coefficient (Wildman–Crippen LogP) is 3.81. The fraction of sp³-hybridized carbons (Fsp3) is 0.381. The number of thioether (sulfide) groups is 1. The number of nitrogens with one attached hydrogen (secondary N) is 2. The molecule has 2 atom stereocenters. The highest BCUT2D eigenvalue weighted by Gasteiger charge is 2.21. The summed E-state index contributed by atoms with van der Waals surface area (Å²) in [6.07, 6.45) is 0.507. The van der Waals surface area contributed by atoms with Crippen molar-refractivity contribution in [3.8, 4) is 5.75 Å². The van der Waals surface area contributed by atoms with Gasteiger partial charge in [-0.05, 0) is 30.2 Å². The highest BCUT2D eigenvalue weighted by Crippen LogP contribution is 2.24. The van der Waals surface area contributed by atoms with Crippen LogP contribution in [0.4, 0.5) is 0 Å². The molecule has 2 aromatic carbocycles. The van der Waals surface area contributed by atoms with Crippen LogP contribution in [0.25, 0.3) is 0 Å². The van der Waals surface area contributed by atoms with E-state index in [0.29, 0.717) is 13.0 Å². The molecule has 1 aliphatic rings. The molecular weight excluding hydrogens is 380 g/mol. The summed E-state index contributed by atoms with van der Waals surface area (Å²) in [4.78, 5) is 12.7. The molecule has 0 aliphatic carbocycles. The average Bonchev–Trinajstić information content (AvgIpc) is 2.69. The van der Waals surface area contributed by atoms with E-state index in [9.17, 15) is 4.79 Å². The minimum Gasteiger partial charge on any atom is -0.494 e. The smallest absolute Gasteiger partial charge is 0.222 e. The first kappa shape index (κ1) is 21.6. The van der Waals surface area contributed by atoms with E-state index in [-0.39, 0.29) is 30.4 Å². The van der Waals surface area contributed by atoms with Gasteiger partial charge in [0.15, 0.2) is 0 Å². The molecule has 4 nitrogen and oxygen atoms in total. The van der Waals surface area contributed by atoms with Crippen LogP contribution < -0.4 is 15.4 Å². The van der Waals surface area contributed by atoms with Crippen molar-refractivity contribution in [1.29, 1.82) is 0 Å². The van der Waals surface area contributed by atoms with Crippen LogP contribution in [-0.2, 0) is 4.79 Å². The molecule has 3 rings (SSSR count). The van der Waals surface area contributed by atoms with Gasteiger partial charge in [0.2, 0.25) is 5.91 Å². The number of ether oxygens (including phenoxy) is 1. The monoisotopic (exact) mass is 406 g/mol. The van der Waals surface area contributed by atoms with Crippen LogP contribution in [0.3, 0.4) is 0 Å². The zero-order chi connectivity index (χ0) is 18.2. The molecule has 146 valence electrons. The van der Waals surface area contributed by atoms with Crippen LogP contribution in [0, 0.1) is 0 Å². The van der Waals surface area contributed by atoms with Gasteiger partial charge >= 0.3 is 0 Å². The Hall–Kier alpha value is -1.69. The van der Waals surface area contributed by atoms with E-state index in [1.54, 1.807) is 0 Å². The van der Waals surface area contributed by atoms with Crippen LogP contribution in [-0.4, -0.2) is 36.6 Å². The number of halogens is 1. The first-order chi connectivity index (χ1) is 12.8. The third-order valence-electron chi connectivity index (χ3n) is 4.39. The summed E-state index contributed by atoms with van der Waals surface area (Å²) >= 11 is 1.91. The Morgan fingerprint density at radius 3 is 2.52 bits per heavy atom. The molecule has 0 saturated carbocycles. The maximum atomic E-state index is 12.7. The molecule has 2 N–H and O–H groups in total. The topological polar surface area (TPSA) is 50.4 Å². The fourth-order valence-electron chi connectivity index (χ4n) is 3.12. The first-order valence-corrected chi connectivity index (χ1v) is 10.3. The van der Waals surface area contributed by atoms with Crippen molar-refractivity contribution in [3.63, 3.8) is 0 Å². The quantitative estimate of drug-likeness (QED) is 0.734. The largest absolute Gasteiger partial charge is 0.494 e. The van der Waals surface area contributed by atoms with Crippen LogP contribution in [0.5, 0.6) is 5.75 Å². The number of carbonyl (C=O) groups is 1. The lowest BCUT2D eigenvalue weighted by Crippen LogP contribution is -2.42. The van der Waals surface area contributed by atoms with Crippen LogP contribution in [0.15, 0.2) is 54.6 Å². The second kappa shape index (κ2) is 11.2. The van der Waals surface area contributed by atoms with Gasteiger partial charge in [0, 0.05) is 30.5 Å². The summed E-state index contributed by atoms with van der Waals surface area (Å²) in [5.41, 5.74) is 2.13. The maximum absolute atomic E-state index is 12.7. The molecule has 1 fully saturated rings. The van der Waals surface area contributed by atoms with E-state index in [1.165, 1.54) is 0 Å². The molecule has 0 bridgehead atoms. The van der Waals surface area contributed by atoms with Gasteiger partial charge in [-0.25, -0.2) is 0 Å². The van der Waals surface area contributed by atoms with E-state index in [0.717, 1.165) is 34.9 Å². The molecule has 0 spiro atoms. The Morgan fingerprint density at radius 2 is 1.89 bits per heavy atom. The van der Waals surface area contributed by atoms with Crippen molar-refractivity contribution in [3.05, 3.63) is 65.7 Å². The zero-order valence-corrected chi connectivity index (χ0v) is 17.2. The molecule has 0 aromatic heterocycles. The van der Waals surface area contributed by atoms with E-state index in [4.69, 9.17) is 4.74 Å². The summed E-state index contributed by atoms with van der Waals surface area (Å²) in [6.45, 7) is 3.59. The predicted molar refractivity (Wildman–Crippen MR) is 115 cm³/mol. The molecule has 2 aromatic rings. The van der Waals surface area contributed by atoms with Crippen LogP contribution in [0.2, 0.25) is 0 Å². The Kier molecular flexibility index (Phi) is 8.98. The number of amides is 1. The molecule has 1 aliphatic heterocycles. The van der Waals surface area contributed by atoms with Gasteiger partial charge in [0.1, 0.15) is 5.75 Å². The van der Waals surface area contributed by atoms with Gasteiger partial charge in [-0.1, -0.05) is 42.5 Å². The summed E-state index contributed by atoms with van der Waals surface area (Å²) in [5, 5.41) is 6.65. The molecule has 27 heavy (non-hydrogen) atoms. The third kappa shape index (κ3) is 6.45. The van der Waals surface area contributed by atoms with E-state index in [2.05, 4.69) is 22.8 Å². The molecule has 2 unspecified atom stereocenters. The highest BCUT2D eigenvalue weighted by atomic mass is 35.5. The number of benzene rings is 2. The number of hydrogen-bond donors (Lipinski definition) is 2. The summed E-state index contributed by atoms with van der Waals surface area (Å²) < 4.78 is 5.53. The standard InChI is InChI=1S/C21H26N2O2S.ClH/c1-2-25-19-10-8-17(9-11-19)21(16-6-4-3-5-7-16)23-20(24)14-18-15-26-13-12-22-18;/h3-11,18,21-22H,2,12-15H2,1H3,(H,23,24);1H. The summed E-state index contributed by atoms with van der Waals surface area (Å²) in [7, 11) is 0. The highest BCUT2D eigenvalue weighted by molar-refractivity contribution is 7.99. The zero-order valence-electron chi connectivity index (χ0n) is 15.5. The normalized spacial score (nSPS) is 17.4. The average molecular weight is 407 g/mol. The van der Waals surface area contributed by atoms with Crippen molar-refractivity contribution in [2.24, 2.45) is 0 Å². The maximum Gasteiger partial charge on any atom is 0.222 e. The lowest BCUT2D eigenvalue weighted by molar-refractivity contribution is -0.122. The lowest BCUT2D eigenvalue weighted by Gasteiger charge is -2.25. The molecule has 1 heterocycles. The SMILES string of the molecule is CCOc1ccc(C(NC(=O)CC2CSCCN2)c2ccccc2)cc1.Cl. The number of hydrogen-bond acceptors (Lipinski definition) is 4. The van der Waals surface area contributed by atoms with Gasteiger partial charge in [-0.15, -0.1) is 12.4 Å². The second-order valence-electron chi connectivity index (χ2n) is 6.34. The van der Waals surface area contributed by atoms with Gasteiger partial charge in [0.05, 0.1) is 12.6 Å². The Morgan fingerprint density at radius 1 is 1.19 bits per heavy atom. The summed E-state index contributed by atoms with van der Waals surface area (Å²) in [5.74, 6) is 3.04. The van der Waals surface area contributed by atoms with Crippen molar-refractivity contribution >= 4 is 30.1 Å². The van der Waals surface area contributed by atoms with E-state index in [1.807, 2.05) is 61.2 Å². The van der Waals surface area contributed by atoms with Gasteiger partial charge in [0.25, 0.3) is 0 Å². The van der Waals surface area contributed by atoms with Crippen LogP contribution >= 0.6 is 24.2 Å². The minimum atomic E-state index is -0.157. The lowest BCUT2D eigenvalue weighted by atomic mass is 9.98. The van der Waals surface area contributed by atoms with Gasteiger partial charge in [-0.3, -0.25) is 4.79 Å². The Balaban J connectivity index is 0.00000261. The Bertz CT molecular complexity index is 691. The second-order valence-corrected chi connectivity index (χ2v) is 7.49. The fourth-order valence-corrected chi connectivity index (χ4v) is 4.07. The van der Waals surface area contributed by atoms with E-state index >= 15 is 0 Å². The van der Waals surface area contributed by atoms with E-state index < -0.39 is 0 Å². The molecular formula is C21H27ClN2O2S. The van der Waals surface area contributed by atoms with Gasteiger partial charge in [-0.2, -0.15) is 11.8 Å². The molecule has 1 amide bonds. The summed E-state index contributed by atoms with van der Waals surface area (Å²) in [6, 6.07) is 18.2. The van der Waals surface area contributed by atoms with Gasteiger partial charge < -0.3 is 15.4 Å². The number of carbonyl (C=O) groups excluding carboxylic acids is 1. The third-order valence-corrected chi connectivity index (χ3v) is 5.52. The van der Waals surface area contributed by atoms with Crippen molar-refractivity contribution in [1.82, 2.24) is 10.6 Å². The van der Waals surface area contributed by atoms with Crippen molar-refractivity contribution < 1.29 is 9.53 Å². The van der Waals surface area contributed by atoms with Crippen molar-refractivity contribution in [2.75, 3.05) is 24.7 Å². The van der Waals surface area contributed by atoms with Crippen LogP contribution in [0.1, 0.15) is 30.5 Å². The molecule has 6 heteroatoms. The first-order valence-electron chi connectivity index (χ1n) is 9.14. The minimum absolute atomic E-state index is 0. The van der Waals surface area contributed by atoms with Crippen molar-refractivity contribution in [2.45, 2.75) is 25.4 Å². The molecule has 1 saturated heterocycles. The molecule has 0 radical (unpaired) electrons. The Labute approximate surface area is 171 Å². The number of rotatable bonds is 7.